The third-order valence-corrected chi connectivity index (χ3v) is 2.29. The molecule has 0 unspecified atom stereocenters. The van der Waals surface area contributed by atoms with E-state index in [1.165, 1.54) is 6.07 Å². The fourth-order valence-corrected chi connectivity index (χ4v) is 1.46. The summed E-state index contributed by atoms with van der Waals surface area (Å²) in [6.45, 7) is 1.58. The molecule has 1 aromatic carbocycles. The van der Waals surface area contributed by atoms with Crippen molar-refractivity contribution in [2.75, 3.05) is 0 Å². The number of carbonyl (C=O) groups excluding carboxylic acids is 2. The average molecular weight is 241 g/mol. The van der Waals surface area contributed by atoms with Crippen molar-refractivity contribution in [1.82, 2.24) is 0 Å². The molecule has 1 atom stereocenters. The van der Waals surface area contributed by atoms with Crippen molar-refractivity contribution in [3.63, 3.8) is 0 Å². The number of benzene rings is 1. The number of ketones is 1. The average Bonchev–Trinajstić information content (AvgIpc) is 2.20. The highest BCUT2D eigenvalue weighted by Gasteiger charge is 2.13. The minimum atomic E-state index is -1.24. The maximum absolute atomic E-state index is 12.9. The predicted molar refractivity (Wildman–Crippen MR) is 54.1 cm³/mol. The van der Waals surface area contributed by atoms with Crippen LogP contribution in [0.5, 0.6) is 0 Å². The second-order valence-corrected chi connectivity index (χ2v) is 3.94. The fourth-order valence-electron chi connectivity index (χ4n) is 1.46. The Bertz CT molecular complexity index is 443. The first-order valence-electron chi connectivity index (χ1n) is 5.08. The van der Waals surface area contributed by atoms with Crippen LogP contribution >= 0.6 is 0 Å². The lowest BCUT2D eigenvalue weighted by Crippen LogP contribution is -2.25. The molecule has 0 spiro atoms. The van der Waals surface area contributed by atoms with Crippen LogP contribution in [0.3, 0.4) is 0 Å². The van der Waals surface area contributed by atoms with Crippen molar-refractivity contribution in [1.29, 1.82) is 0 Å². The Morgan fingerprint density at radius 2 is 1.88 bits per heavy atom. The molecule has 0 amide bonds. The second-order valence-electron chi connectivity index (χ2n) is 3.94. The molecule has 5 heteroatoms. The van der Waals surface area contributed by atoms with E-state index in [2.05, 4.69) is 0 Å². The number of hydrogen-bond donors (Lipinski definition) is 0. The van der Waals surface area contributed by atoms with Crippen LogP contribution in [-0.4, -0.2) is 11.8 Å². The largest absolute Gasteiger partial charge is 0.550 e. The second kappa shape index (κ2) is 5.52. The van der Waals surface area contributed by atoms with E-state index in [0.717, 1.165) is 12.1 Å². The van der Waals surface area contributed by atoms with E-state index < -0.39 is 29.3 Å². The zero-order valence-corrected chi connectivity index (χ0v) is 9.20. The van der Waals surface area contributed by atoms with Crippen molar-refractivity contribution < 1.29 is 23.5 Å². The lowest BCUT2D eigenvalue weighted by Gasteiger charge is -2.10. The van der Waals surface area contributed by atoms with Gasteiger partial charge in [0.15, 0.2) is 17.4 Å². The minimum absolute atomic E-state index is 0.0362. The SMILES string of the molecule is C[C@@H](CC(=O)[O-])CC(=O)c1ccc(F)c(F)c1. The predicted octanol–water partition coefficient (Wildman–Crippen LogP) is 1.31. The molecular formula is C12H11F2O3-. The zero-order chi connectivity index (χ0) is 13.0. The number of carbonyl (C=O) groups is 2. The maximum atomic E-state index is 12.9. The van der Waals surface area contributed by atoms with Crippen molar-refractivity contribution in [2.45, 2.75) is 19.8 Å². The van der Waals surface area contributed by atoms with Crippen molar-refractivity contribution >= 4 is 11.8 Å². The van der Waals surface area contributed by atoms with Crippen LogP contribution in [0, 0.1) is 17.6 Å². The number of Topliss-reactive ketones (excluding diaryl/α,β-unsaturated/α-hetero) is 1. The molecule has 0 saturated heterocycles. The monoisotopic (exact) mass is 241 g/mol. The Morgan fingerprint density at radius 3 is 2.41 bits per heavy atom. The third-order valence-electron chi connectivity index (χ3n) is 2.29. The highest BCUT2D eigenvalue weighted by atomic mass is 19.2. The Hall–Kier alpha value is -1.78. The Morgan fingerprint density at radius 1 is 1.24 bits per heavy atom. The van der Waals surface area contributed by atoms with Crippen LogP contribution in [0.4, 0.5) is 8.78 Å². The molecule has 0 aliphatic heterocycles. The summed E-state index contributed by atoms with van der Waals surface area (Å²) in [5, 5.41) is 10.3. The van der Waals surface area contributed by atoms with Gasteiger partial charge in [-0.2, -0.15) is 0 Å². The van der Waals surface area contributed by atoms with Gasteiger partial charge in [-0.25, -0.2) is 8.78 Å². The van der Waals surface area contributed by atoms with Gasteiger partial charge in [-0.3, -0.25) is 4.79 Å². The van der Waals surface area contributed by atoms with Gasteiger partial charge in [0.2, 0.25) is 0 Å². The first kappa shape index (κ1) is 13.3. The van der Waals surface area contributed by atoms with Gasteiger partial charge < -0.3 is 9.90 Å². The molecule has 17 heavy (non-hydrogen) atoms. The third kappa shape index (κ3) is 3.94. The summed E-state index contributed by atoms with van der Waals surface area (Å²) < 4.78 is 25.5. The van der Waals surface area contributed by atoms with Crippen LogP contribution < -0.4 is 5.11 Å². The molecule has 0 heterocycles. The van der Waals surface area contributed by atoms with Gasteiger partial charge in [0.25, 0.3) is 0 Å². The molecule has 1 aromatic rings. The number of carboxylic acid groups (broad SMARTS) is 1. The van der Waals surface area contributed by atoms with Crippen LogP contribution in [-0.2, 0) is 4.79 Å². The fraction of sp³-hybridized carbons (Fsp3) is 0.333. The van der Waals surface area contributed by atoms with Gasteiger partial charge in [0.05, 0.1) is 0 Å². The van der Waals surface area contributed by atoms with Crippen LogP contribution in [0.25, 0.3) is 0 Å². The van der Waals surface area contributed by atoms with E-state index in [0.29, 0.717) is 0 Å². The summed E-state index contributed by atoms with van der Waals surface area (Å²) >= 11 is 0. The number of aliphatic carboxylic acids is 1. The van der Waals surface area contributed by atoms with Crippen LogP contribution in [0.15, 0.2) is 18.2 Å². The molecule has 0 fully saturated rings. The summed E-state index contributed by atoms with van der Waals surface area (Å²) in [5.74, 6) is -4.18. The van der Waals surface area contributed by atoms with Gasteiger partial charge in [-0.15, -0.1) is 0 Å². The van der Waals surface area contributed by atoms with Crippen LogP contribution in [0.1, 0.15) is 30.1 Å². The summed E-state index contributed by atoms with van der Waals surface area (Å²) in [5.41, 5.74) is 0.0362. The van der Waals surface area contributed by atoms with E-state index in [1.807, 2.05) is 0 Å². The van der Waals surface area contributed by atoms with Gasteiger partial charge >= 0.3 is 0 Å². The quantitative estimate of drug-likeness (QED) is 0.730. The number of hydrogen-bond acceptors (Lipinski definition) is 3. The normalized spacial score (nSPS) is 12.2. The maximum Gasteiger partial charge on any atom is 0.163 e. The zero-order valence-electron chi connectivity index (χ0n) is 9.20. The Balaban J connectivity index is 2.70. The molecule has 0 radical (unpaired) electrons. The lowest BCUT2D eigenvalue weighted by molar-refractivity contribution is -0.306. The van der Waals surface area contributed by atoms with Gasteiger partial charge in [-0.1, -0.05) is 6.92 Å². The van der Waals surface area contributed by atoms with E-state index >= 15 is 0 Å². The molecule has 3 nitrogen and oxygen atoms in total. The first-order chi connectivity index (χ1) is 7.90. The van der Waals surface area contributed by atoms with E-state index in [4.69, 9.17) is 0 Å². The Kier molecular flexibility index (Phi) is 4.31. The van der Waals surface area contributed by atoms with Crippen molar-refractivity contribution in [3.8, 4) is 0 Å². The molecule has 0 saturated carbocycles. The standard InChI is InChI=1S/C12H12F2O3/c1-7(5-12(16)17)4-11(15)8-2-3-9(13)10(14)6-8/h2-3,6-7H,4-5H2,1H3,(H,16,17)/p-1/t7-/m1/s1. The summed E-state index contributed by atoms with van der Waals surface area (Å²) in [7, 11) is 0. The topological polar surface area (TPSA) is 57.2 Å². The Labute approximate surface area is 97.1 Å². The van der Waals surface area contributed by atoms with E-state index in [1.54, 1.807) is 6.92 Å². The summed E-state index contributed by atoms with van der Waals surface area (Å²) in [4.78, 5) is 21.9. The molecule has 0 aromatic heterocycles. The molecule has 0 aliphatic carbocycles. The van der Waals surface area contributed by atoms with E-state index in [9.17, 15) is 23.5 Å². The lowest BCUT2D eigenvalue weighted by atomic mass is 9.97. The number of rotatable bonds is 5. The molecule has 0 aliphatic rings. The molecular weight excluding hydrogens is 230 g/mol. The van der Waals surface area contributed by atoms with Crippen LogP contribution in [0.2, 0.25) is 0 Å². The highest BCUT2D eigenvalue weighted by molar-refractivity contribution is 5.96. The van der Waals surface area contributed by atoms with E-state index in [-0.39, 0.29) is 18.4 Å². The van der Waals surface area contributed by atoms with Gasteiger partial charge in [0, 0.05) is 18.0 Å². The number of carboxylic acids is 1. The molecule has 92 valence electrons. The van der Waals surface area contributed by atoms with Gasteiger partial charge in [-0.05, 0) is 30.5 Å². The highest BCUT2D eigenvalue weighted by Crippen LogP contribution is 2.15. The minimum Gasteiger partial charge on any atom is -0.550 e. The smallest absolute Gasteiger partial charge is 0.163 e. The molecule has 0 bridgehead atoms. The first-order valence-corrected chi connectivity index (χ1v) is 5.08. The summed E-state index contributed by atoms with van der Waals surface area (Å²) in [6.07, 6.45) is -0.283. The van der Waals surface area contributed by atoms with Gasteiger partial charge in [0.1, 0.15) is 0 Å². The summed E-state index contributed by atoms with van der Waals surface area (Å²) in [6, 6.07) is 2.85. The van der Waals surface area contributed by atoms with Crippen molar-refractivity contribution in [2.24, 2.45) is 5.92 Å². The molecule has 1 rings (SSSR count). The number of halogens is 2. The van der Waals surface area contributed by atoms with Crippen molar-refractivity contribution in [3.05, 3.63) is 35.4 Å². The molecule has 0 N–H and O–H groups in total.